The van der Waals surface area contributed by atoms with Gasteiger partial charge in [0, 0.05) is 44.3 Å². The summed E-state index contributed by atoms with van der Waals surface area (Å²) in [6.45, 7) is 5.54. The van der Waals surface area contributed by atoms with E-state index in [0.29, 0.717) is 6.04 Å². The zero-order valence-electron chi connectivity index (χ0n) is 15.6. The summed E-state index contributed by atoms with van der Waals surface area (Å²) in [7, 11) is 0. The van der Waals surface area contributed by atoms with E-state index >= 15 is 0 Å². The van der Waals surface area contributed by atoms with Crippen molar-refractivity contribution in [3.63, 3.8) is 0 Å². The van der Waals surface area contributed by atoms with Gasteiger partial charge in [0.05, 0.1) is 17.1 Å². The van der Waals surface area contributed by atoms with Crippen molar-refractivity contribution in [1.29, 1.82) is 0 Å². The van der Waals surface area contributed by atoms with Crippen LogP contribution < -0.4 is 0 Å². The first kappa shape index (κ1) is 19.7. The van der Waals surface area contributed by atoms with Crippen LogP contribution in [-0.2, 0) is 19.6 Å². The molecule has 0 aliphatic heterocycles. The van der Waals surface area contributed by atoms with E-state index < -0.39 is 0 Å². The molecular weight excluding hydrogens is 349 g/mol. The predicted octanol–water partition coefficient (Wildman–Crippen LogP) is 2.85. The third kappa shape index (κ3) is 6.53. The molecule has 27 heavy (non-hydrogen) atoms. The number of hydrogen-bond donors (Lipinski definition) is 0. The third-order valence-corrected chi connectivity index (χ3v) is 4.79. The zero-order chi connectivity index (χ0) is 18.9. The van der Waals surface area contributed by atoms with Crippen molar-refractivity contribution in [3.05, 3.63) is 90.3 Å². The van der Waals surface area contributed by atoms with E-state index in [-0.39, 0.29) is 0 Å². The smallest absolute Gasteiger partial charge is 0.256 e. The number of pyridine rings is 3. The average Bonchev–Trinajstić information content (AvgIpc) is 2.70. The lowest BCUT2D eigenvalue weighted by Crippen LogP contribution is -2.41. The second kappa shape index (κ2) is 10.3. The highest BCUT2D eigenvalue weighted by Gasteiger charge is 2.17. The maximum Gasteiger partial charge on any atom is 0.256 e. The fourth-order valence-corrected chi connectivity index (χ4v) is 3.48. The molecule has 0 bridgehead atoms. The molecule has 0 aliphatic rings. The standard InChI is InChI=1S/C21H24N5.Al/c1-18(14-22-15-19-8-2-5-11-23-19)26(16-20-9-3-6-12-24-20)17-21-10-4-7-13-25-21;/h2-13,18H,14-17H2,1H3;/q-1;+1. The molecule has 5 nitrogen and oxygen atoms in total. The van der Waals surface area contributed by atoms with Crippen molar-refractivity contribution in [2.24, 2.45) is 0 Å². The summed E-state index contributed by atoms with van der Waals surface area (Å²) in [5.41, 5.74) is 3.21. The molecule has 0 fully saturated rings. The normalized spacial score (nSPS) is 12.4. The summed E-state index contributed by atoms with van der Waals surface area (Å²) in [6, 6.07) is 18.5. The Morgan fingerprint density at radius 3 is 1.59 bits per heavy atom. The minimum absolute atomic E-state index is 0.329. The van der Waals surface area contributed by atoms with Crippen LogP contribution >= 0.6 is 0 Å². The van der Waals surface area contributed by atoms with E-state index in [1.807, 2.05) is 55.0 Å². The monoisotopic (exact) mass is 373 g/mol. The molecule has 6 heteroatoms. The molecule has 0 aromatic carbocycles. The molecular formula is C21H24AlN5. The SMILES string of the molecule is CC(C[N]([Al])Cc1ccccn1)N(Cc1ccccn1)Cc1ccccn1. The van der Waals surface area contributed by atoms with E-state index in [0.717, 1.165) is 43.3 Å². The summed E-state index contributed by atoms with van der Waals surface area (Å²) in [5, 5.41) is 0. The Morgan fingerprint density at radius 2 is 1.19 bits per heavy atom. The van der Waals surface area contributed by atoms with Crippen molar-refractivity contribution in [3.8, 4) is 0 Å². The number of aromatic nitrogens is 3. The Morgan fingerprint density at radius 1 is 0.741 bits per heavy atom. The summed E-state index contributed by atoms with van der Waals surface area (Å²) in [4.78, 5) is 15.8. The fourth-order valence-electron chi connectivity index (χ4n) is 2.99. The summed E-state index contributed by atoms with van der Waals surface area (Å²) < 4.78 is 2.23. The second-order valence-corrected chi connectivity index (χ2v) is 7.38. The molecule has 3 aromatic rings. The highest BCUT2D eigenvalue weighted by Crippen LogP contribution is 2.12. The molecule has 1 unspecified atom stereocenters. The van der Waals surface area contributed by atoms with Crippen molar-refractivity contribution in [2.45, 2.75) is 32.6 Å². The molecule has 0 aliphatic carbocycles. The fraction of sp³-hybridized carbons (Fsp3) is 0.286. The van der Waals surface area contributed by atoms with Gasteiger partial charge in [0.1, 0.15) is 0 Å². The highest BCUT2D eigenvalue weighted by atomic mass is 27.1. The largest absolute Gasteiger partial charge is 0.396 e. The maximum atomic E-state index is 4.50. The minimum Gasteiger partial charge on any atom is -0.396 e. The molecule has 136 valence electrons. The molecule has 3 aromatic heterocycles. The third-order valence-electron chi connectivity index (χ3n) is 4.40. The molecule has 2 radical (unpaired) electrons. The van der Waals surface area contributed by atoms with Gasteiger partial charge in [0.2, 0.25) is 0 Å². The van der Waals surface area contributed by atoms with Crippen LogP contribution in [0.25, 0.3) is 0 Å². The summed E-state index contributed by atoms with van der Waals surface area (Å²) in [5.74, 6) is 0. The molecule has 3 heterocycles. The van der Waals surface area contributed by atoms with Gasteiger partial charge >= 0.3 is 0 Å². The number of nitrogens with zero attached hydrogens (tertiary/aromatic N) is 5. The van der Waals surface area contributed by atoms with Crippen molar-refractivity contribution in [2.75, 3.05) is 6.54 Å². The van der Waals surface area contributed by atoms with Crippen LogP contribution in [0.5, 0.6) is 0 Å². The Labute approximate surface area is 169 Å². The second-order valence-electron chi connectivity index (χ2n) is 6.65. The Bertz CT molecular complexity index is 744. The molecule has 3 rings (SSSR count). The van der Waals surface area contributed by atoms with Crippen LogP contribution in [-0.4, -0.2) is 52.8 Å². The topological polar surface area (TPSA) is 45.2 Å². The van der Waals surface area contributed by atoms with Crippen LogP contribution in [0.1, 0.15) is 24.0 Å². The van der Waals surface area contributed by atoms with Gasteiger partial charge in [-0.05, 0) is 49.9 Å². The molecule has 0 amide bonds. The van der Waals surface area contributed by atoms with E-state index in [1.54, 1.807) is 0 Å². The van der Waals surface area contributed by atoms with Gasteiger partial charge in [-0.3, -0.25) is 19.9 Å². The van der Waals surface area contributed by atoms with E-state index in [1.165, 1.54) is 0 Å². The first-order valence-corrected chi connectivity index (χ1v) is 9.66. The van der Waals surface area contributed by atoms with Gasteiger partial charge in [0.25, 0.3) is 16.5 Å². The lowest BCUT2D eigenvalue weighted by Gasteiger charge is -2.32. The van der Waals surface area contributed by atoms with Crippen LogP contribution in [0.4, 0.5) is 0 Å². The molecule has 0 saturated carbocycles. The van der Waals surface area contributed by atoms with E-state index in [2.05, 4.69) is 65.4 Å². The van der Waals surface area contributed by atoms with Crippen LogP contribution in [0.15, 0.2) is 73.2 Å². The van der Waals surface area contributed by atoms with Gasteiger partial charge in [-0.1, -0.05) is 18.2 Å². The van der Waals surface area contributed by atoms with Crippen LogP contribution in [0.3, 0.4) is 0 Å². The van der Waals surface area contributed by atoms with Gasteiger partial charge < -0.3 is 3.88 Å². The van der Waals surface area contributed by atoms with Crippen molar-refractivity contribution < 1.29 is 0 Å². The molecule has 0 N–H and O–H groups in total. The van der Waals surface area contributed by atoms with E-state index in [9.17, 15) is 0 Å². The molecule has 1 atom stereocenters. The zero-order valence-corrected chi connectivity index (χ0v) is 16.8. The van der Waals surface area contributed by atoms with Crippen molar-refractivity contribution >= 4 is 16.5 Å². The van der Waals surface area contributed by atoms with E-state index in [4.69, 9.17) is 0 Å². The molecule has 0 spiro atoms. The van der Waals surface area contributed by atoms with Crippen molar-refractivity contribution in [1.82, 2.24) is 23.7 Å². The minimum atomic E-state index is 0.329. The maximum absolute atomic E-state index is 4.50. The Hall–Kier alpha value is -2.10. The van der Waals surface area contributed by atoms with Gasteiger partial charge in [-0.2, -0.15) is 0 Å². The predicted molar refractivity (Wildman–Crippen MR) is 108 cm³/mol. The van der Waals surface area contributed by atoms with Gasteiger partial charge in [0.15, 0.2) is 0 Å². The number of hydrogen-bond acceptors (Lipinski definition) is 5. The quantitative estimate of drug-likeness (QED) is 0.540. The summed E-state index contributed by atoms with van der Waals surface area (Å²) >= 11 is 2.83. The summed E-state index contributed by atoms with van der Waals surface area (Å²) in [6.07, 6.45) is 5.54. The van der Waals surface area contributed by atoms with Gasteiger partial charge in [-0.15, -0.1) is 0 Å². The first-order valence-electron chi connectivity index (χ1n) is 9.14. The first-order chi connectivity index (χ1) is 13.2. The van der Waals surface area contributed by atoms with Crippen LogP contribution in [0, 0.1) is 0 Å². The van der Waals surface area contributed by atoms with Gasteiger partial charge in [-0.25, -0.2) is 0 Å². The van der Waals surface area contributed by atoms with Crippen LogP contribution in [0.2, 0.25) is 0 Å². The number of rotatable bonds is 9. The Balaban J connectivity index is 1.66. The Kier molecular flexibility index (Phi) is 7.49. The average molecular weight is 373 g/mol. The lowest BCUT2D eigenvalue weighted by atomic mass is 10.2. The highest BCUT2D eigenvalue weighted by molar-refractivity contribution is 6.04. The molecule has 0 saturated heterocycles. The lowest BCUT2D eigenvalue weighted by molar-refractivity contribution is 0.161.